The van der Waals surface area contributed by atoms with E-state index in [9.17, 15) is 13.2 Å². The number of carbonyl (C=O) groups is 1. The summed E-state index contributed by atoms with van der Waals surface area (Å²) in [5.74, 6) is -0.0320. The lowest BCUT2D eigenvalue weighted by atomic mass is 10.1. The first-order valence-corrected chi connectivity index (χ1v) is 8.32. The van der Waals surface area contributed by atoms with Gasteiger partial charge in [-0.05, 0) is 30.2 Å². The molecule has 1 N–H and O–H groups in total. The average Bonchev–Trinajstić information content (AvgIpc) is 2.91. The maximum atomic E-state index is 12.3. The first-order chi connectivity index (χ1) is 10.5. The van der Waals surface area contributed by atoms with E-state index in [2.05, 4.69) is 4.72 Å². The largest absolute Gasteiger partial charge is 0.480 e. The highest BCUT2D eigenvalue weighted by Crippen LogP contribution is 2.28. The van der Waals surface area contributed by atoms with Crippen LogP contribution in [0.3, 0.4) is 0 Å². The zero-order valence-electron chi connectivity index (χ0n) is 11.9. The first-order valence-electron chi connectivity index (χ1n) is 6.84. The van der Waals surface area contributed by atoms with E-state index in [0.717, 1.165) is 5.56 Å². The standard InChI is InChI=1S/C16H15NO4S/c1-11-6-2-5-9-15(11)22(19,20)17-16(18)14-10-12-7-3-4-8-13(12)21-14/h2-9,14H,10H2,1H3,(H,17,18). The molecule has 1 aliphatic rings. The Hall–Kier alpha value is -2.34. The quantitative estimate of drug-likeness (QED) is 0.937. The van der Waals surface area contributed by atoms with Gasteiger partial charge in [0.15, 0.2) is 6.10 Å². The van der Waals surface area contributed by atoms with Gasteiger partial charge >= 0.3 is 0 Å². The van der Waals surface area contributed by atoms with Crippen LogP contribution in [0.1, 0.15) is 11.1 Å². The normalized spacial score (nSPS) is 16.7. The summed E-state index contributed by atoms with van der Waals surface area (Å²) >= 11 is 0. The summed E-state index contributed by atoms with van der Waals surface area (Å²) in [5.41, 5.74) is 1.48. The molecule has 1 amide bonds. The van der Waals surface area contributed by atoms with Crippen molar-refractivity contribution in [2.45, 2.75) is 24.3 Å². The maximum Gasteiger partial charge on any atom is 0.275 e. The number of ether oxygens (including phenoxy) is 1. The van der Waals surface area contributed by atoms with E-state index in [4.69, 9.17) is 4.74 Å². The van der Waals surface area contributed by atoms with Gasteiger partial charge < -0.3 is 4.74 Å². The van der Waals surface area contributed by atoms with Crippen molar-refractivity contribution in [2.75, 3.05) is 0 Å². The molecule has 0 aliphatic carbocycles. The molecule has 0 radical (unpaired) electrons. The Morgan fingerprint density at radius 2 is 1.82 bits per heavy atom. The van der Waals surface area contributed by atoms with Crippen molar-refractivity contribution in [2.24, 2.45) is 0 Å². The number of rotatable bonds is 3. The van der Waals surface area contributed by atoms with Gasteiger partial charge in [0.2, 0.25) is 0 Å². The lowest BCUT2D eigenvalue weighted by Gasteiger charge is -2.13. The summed E-state index contributed by atoms with van der Waals surface area (Å²) in [6.45, 7) is 1.68. The molecule has 0 bridgehead atoms. The molecular formula is C16H15NO4S. The molecule has 0 spiro atoms. The first kappa shape index (κ1) is 14.6. The Morgan fingerprint density at radius 3 is 2.55 bits per heavy atom. The van der Waals surface area contributed by atoms with E-state index < -0.39 is 22.0 Å². The van der Waals surface area contributed by atoms with Gasteiger partial charge in [0.1, 0.15) is 5.75 Å². The highest BCUT2D eigenvalue weighted by molar-refractivity contribution is 7.90. The summed E-state index contributed by atoms with van der Waals surface area (Å²) in [4.78, 5) is 12.3. The third kappa shape index (κ3) is 2.69. The molecule has 6 heteroatoms. The van der Waals surface area contributed by atoms with Gasteiger partial charge in [-0.3, -0.25) is 4.79 Å². The number of hydrogen-bond acceptors (Lipinski definition) is 4. The Morgan fingerprint density at radius 1 is 1.14 bits per heavy atom. The van der Waals surface area contributed by atoms with E-state index in [1.807, 2.05) is 18.2 Å². The minimum Gasteiger partial charge on any atom is -0.480 e. The van der Waals surface area contributed by atoms with E-state index in [1.54, 1.807) is 31.2 Å². The molecular weight excluding hydrogens is 302 g/mol. The number of benzene rings is 2. The summed E-state index contributed by atoms with van der Waals surface area (Å²) in [5, 5.41) is 0. The fourth-order valence-electron chi connectivity index (χ4n) is 2.44. The summed E-state index contributed by atoms with van der Waals surface area (Å²) in [6, 6.07) is 13.8. The molecule has 0 aromatic heterocycles. The molecule has 3 rings (SSSR count). The third-order valence-electron chi connectivity index (χ3n) is 3.56. The van der Waals surface area contributed by atoms with Crippen molar-refractivity contribution < 1.29 is 17.9 Å². The number of hydrogen-bond donors (Lipinski definition) is 1. The minimum atomic E-state index is -3.89. The molecule has 2 aromatic rings. The van der Waals surface area contributed by atoms with Crippen LogP contribution >= 0.6 is 0 Å². The van der Waals surface area contributed by atoms with Crippen LogP contribution in [0.5, 0.6) is 5.75 Å². The summed E-state index contributed by atoms with van der Waals surface area (Å²) in [7, 11) is -3.89. The number of amides is 1. The number of aryl methyl sites for hydroxylation is 1. The molecule has 0 fully saturated rings. The second kappa shape index (κ2) is 5.46. The van der Waals surface area contributed by atoms with Crippen molar-refractivity contribution in [3.8, 4) is 5.75 Å². The molecule has 1 aliphatic heterocycles. The molecule has 5 nitrogen and oxygen atoms in total. The second-order valence-electron chi connectivity index (χ2n) is 5.15. The van der Waals surface area contributed by atoms with E-state index >= 15 is 0 Å². The Bertz CT molecular complexity index is 805. The Kier molecular flexibility index (Phi) is 3.62. The third-order valence-corrected chi connectivity index (χ3v) is 5.06. The van der Waals surface area contributed by atoms with Crippen LogP contribution in [0.25, 0.3) is 0 Å². The van der Waals surface area contributed by atoms with E-state index in [1.165, 1.54) is 6.07 Å². The monoisotopic (exact) mass is 317 g/mol. The van der Waals surface area contributed by atoms with Crippen LogP contribution < -0.4 is 9.46 Å². The summed E-state index contributed by atoms with van der Waals surface area (Å²) < 4.78 is 32.2. The molecule has 0 saturated carbocycles. The Balaban J connectivity index is 1.77. The van der Waals surface area contributed by atoms with Crippen molar-refractivity contribution >= 4 is 15.9 Å². The predicted octanol–water partition coefficient (Wildman–Crippen LogP) is 1.80. The van der Waals surface area contributed by atoms with Crippen LogP contribution in [0.15, 0.2) is 53.4 Å². The molecule has 0 saturated heterocycles. The van der Waals surface area contributed by atoms with E-state index in [0.29, 0.717) is 17.7 Å². The average molecular weight is 317 g/mol. The van der Waals surface area contributed by atoms with E-state index in [-0.39, 0.29) is 4.90 Å². The van der Waals surface area contributed by atoms with Gasteiger partial charge in [-0.15, -0.1) is 0 Å². The van der Waals surface area contributed by atoms with Crippen molar-refractivity contribution in [1.29, 1.82) is 0 Å². The number of fused-ring (bicyclic) bond motifs is 1. The minimum absolute atomic E-state index is 0.0962. The van der Waals surface area contributed by atoms with Crippen LogP contribution in [0, 0.1) is 6.92 Å². The van der Waals surface area contributed by atoms with Crippen molar-refractivity contribution in [3.05, 3.63) is 59.7 Å². The fourth-order valence-corrected chi connectivity index (χ4v) is 3.70. The topological polar surface area (TPSA) is 72.5 Å². The molecule has 1 heterocycles. The van der Waals surface area contributed by atoms with Gasteiger partial charge in [-0.2, -0.15) is 0 Å². The van der Waals surface area contributed by atoms with Crippen molar-refractivity contribution in [3.63, 3.8) is 0 Å². The van der Waals surface area contributed by atoms with Gasteiger partial charge in [-0.25, -0.2) is 13.1 Å². The van der Waals surface area contributed by atoms with Crippen LogP contribution in [-0.2, 0) is 21.2 Å². The van der Waals surface area contributed by atoms with Crippen LogP contribution in [0.2, 0.25) is 0 Å². The predicted molar refractivity (Wildman–Crippen MR) is 81.1 cm³/mol. The number of carbonyl (C=O) groups excluding carboxylic acids is 1. The molecule has 2 aromatic carbocycles. The number of para-hydroxylation sites is 1. The summed E-state index contributed by atoms with van der Waals surface area (Å²) in [6.07, 6.45) is -0.457. The lowest BCUT2D eigenvalue weighted by molar-refractivity contribution is -0.125. The molecule has 1 unspecified atom stereocenters. The zero-order chi connectivity index (χ0) is 15.7. The van der Waals surface area contributed by atoms with Gasteiger partial charge in [-0.1, -0.05) is 36.4 Å². The van der Waals surface area contributed by atoms with Gasteiger partial charge in [0, 0.05) is 6.42 Å². The fraction of sp³-hybridized carbons (Fsp3) is 0.188. The lowest BCUT2D eigenvalue weighted by Crippen LogP contribution is -2.41. The zero-order valence-corrected chi connectivity index (χ0v) is 12.8. The van der Waals surface area contributed by atoms with Crippen LogP contribution in [0.4, 0.5) is 0 Å². The highest BCUT2D eigenvalue weighted by Gasteiger charge is 2.32. The highest BCUT2D eigenvalue weighted by atomic mass is 32.2. The smallest absolute Gasteiger partial charge is 0.275 e. The SMILES string of the molecule is Cc1ccccc1S(=O)(=O)NC(=O)C1Cc2ccccc2O1. The second-order valence-corrected chi connectivity index (χ2v) is 6.80. The number of nitrogens with one attached hydrogen (secondary N) is 1. The van der Waals surface area contributed by atoms with Gasteiger partial charge in [0.25, 0.3) is 15.9 Å². The molecule has 1 atom stereocenters. The Labute approximate surface area is 129 Å². The van der Waals surface area contributed by atoms with Crippen LogP contribution in [-0.4, -0.2) is 20.4 Å². The number of sulfonamides is 1. The van der Waals surface area contributed by atoms with Gasteiger partial charge in [0.05, 0.1) is 4.90 Å². The van der Waals surface area contributed by atoms with Crippen molar-refractivity contribution in [1.82, 2.24) is 4.72 Å². The molecule has 22 heavy (non-hydrogen) atoms. The molecule has 114 valence electrons. The maximum absolute atomic E-state index is 12.3.